The van der Waals surface area contributed by atoms with Crippen molar-refractivity contribution >= 4 is 27.1 Å². The first-order chi connectivity index (χ1) is 13.9. The summed E-state index contributed by atoms with van der Waals surface area (Å²) in [5, 5.41) is 4.24. The topological polar surface area (TPSA) is 79.8 Å². The van der Waals surface area contributed by atoms with E-state index in [9.17, 15) is 12.8 Å². The van der Waals surface area contributed by atoms with Crippen LogP contribution in [0.5, 0.6) is 5.75 Å². The predicted octanol–water partition coefficient (Wildman–Crippen LogP) is 4.47. The van der Waals surface area contributed by atoms with Gasteiger partial charge in [-0.15, -0.1) is 0 Å². The van der Waals surface area contributed by atoms with Crippen molar-refractivity contribution in [1.82, 2.24) is 0 Å². The first-order valence-corrected chi connectivity index (χ1v) is 10.2. The quantitative estimate of drug-likeness (QED) is 0.442. The molecule has 0 amide bonds. The van der Waals surface area contributed by atoms with Gasteiger partial charge in [0.1, 0.15) is 11.6 Å². The number of hydrogen-bond donors (Lipinski definition) is 2. The van der Waals surface area contributed by atoms with Crippen molar-refractivity contribution in [3.63, 3.8) is 0 Å². The molecule has 0 heterocycles. The number of halogens is 1. The van der Waals surface area contributed by atoms with Crippen molar-refractivity contribution < 1.29 is 17.5 Å². The van der Waals surface area contributed by atoms with Crippen LogP contribution in [0.2, 0.25) is 0 Å². The smallest absolute Gasteiger partial charge is 0.261 e. The Morgan fingerprint density at radius 1 is 0.897 bits per heavy atom. The number of ether oxygens (including phenoxy) is 1. The van der Waals surface area contributed by atoms with Gasteiger partial charge in [0, 0.05) is 5.69 Å². The van der Waals surface area contributed by atoms with Gasteiger partial charge in [-0.1, -0.05) is 12.1 Å². The van der Waals surface area contributed by atoms with E-state index in [1.54, 1.807) is 62.6 Å². The summed E-state index contributed by atoms with van der Waals surface area (Å²) in [7, 11) is -2.17. The van der Waals surface area contributed by atoms with Gasteiger partial charge in [-0.25, -0.2) is 12.8 Å². The average Bonchev–Trinajstić information content (AvgIpc) is 2.73. The molecule has 150 valence electrons. The summed E-state index contributed by atoms with van der Waals surface area (Å²) in [6.07, 6.45) is 0. The largest absolute Gasteiger partial charge is 0.497 e. The van der Waals surface area contributed by atoms with E-state index in [0.717, 1.165) is 5.56 Å². The maximum atomic E-state index is 12.9. The fourth-order valence-electron chi connectivity index (χ4n) is 2.49. The number of sulfonamides is 1. The minimum atomic E-state index is -3.72. The maximum absolute atomic E-state index is 12.9. The Morgan fingerprint density at radius 3 is 2.07 bits per heavy atom. The van der Waals surface area contributed by atoms with Gasteiger partial charge in [0.15, 0.2) is 0 Å². The second-order valence-electron chi connectivity index (χ2n) is 6.17. The minimum absolute atomic E-state index is 0.136. The Kier molecular flexibility index (Phi) is 6.13. The molecule has 0 radical (unpaired) electrons. The predicted molar refractivity (Wildman–Crippen MR) is 112 cm³/mol. The van der Waals surface area contributed by atoms with E-state index in [1.807, 2.05) is 0 Å². The van der Waals surface area contributed by atoms with Gasteiger partial charge in [-0.2, -0.15) is 5.10 Å². The Bertz CT molecular complexity index is 1100. The fraction of sp³-hybridized carbons (Fsp3) is 0.0952. The third kappa shape index (κ3) is 5.32. The summed E-state index contributed by atoms with van der Waals surface area (Å²) < 4.78 is 45.6. The molecular formula is C21H20FN3O3S. The molecule has 0 aliphatic rings. The zero-order valence-electron chi connectivity index (χ0n) is 15.9. The summed E-state index contributed by atoms with van der Waals surface area (Å²) in [5.74, 6) is 0.317. The molecule has 0 aliphatic carbocycles. The van der Waals surface area contributed by atoms with Gasteiger partial charge in [-0.3, -0.25) is 10.1 Å². The molecule has 3 aromatic rings. The van der Waals surface area contributed by atoms with Crippen LogP contribution < -0.4 is 14.9 Å². The number of benzene rings is 3. The molecule has 0 aliphatic heterocycles. The number of rotatable bonds is 7. The lowest BCUT2D eigenvalue weighted by molar-refractivity contribution is 0.415. The van der Waals surface area contributed by atoms with Crippen molar-refractivity contribution in [2.45, 2.75) is 11.8 Å². The van der Waals surface area contributed by atoms with Gasteiger partial charge in [0.2, 0.25) is 0 Å². The van der Waals surface area contributed by atoms with Gasteiger partial charge in [0.25, 0.3) is 10.0 Å². The zero-order chi connectivity index (χ0) is 20.9. The lowest BCUT2D eigenvalue weighted by Gasteiger charge is -2.10. The molecule has 0 unspecified atom stereocenters. The molecule has 3 rings (SSSR count). The Labute approximate surface area is 169 Å². The van der Waals surface area contributed by atoms with E-state index in [-0.39, 0.29) is 10.7 Å². The average molecular weight is 413 g/mol. The summed E-state index contributed by atoms with van der Waals surface area (Å²) in [4.78, 5) is 0.136. The summed E-state index contributed by atoms with van der Waals surface area (Å²) in [6, 6.07) is 18.8. The number of methoxy groups -OCH3 is 1. The van der Waals surface area contributed by atoms with Crippen molar-refractivity contribution in [3.05, 3.63) is 84.2 Å². The standard InChI is InChI=1S/C21H20FN3O3S/c1-15(23-24-18-7-5-17(22)6-8-18)16-3-13-21(14-4-16)29(26,27)25-19-9-11-20(28-2)12-10-19/h3-14,24-25H,1-2H3/b23-15-. The van der Waals surface area contributed by atoms with Gasteiger partial charge in [0.05, 0.1) is 23.4 Å². The summed E-state index contributed by atoms with van der Waals surface area (Å²) >= 11 is 0. The molecule has 0 spiro atoms. The SMILES string of the molecule is COc1ccc(NS(=O)(=O)c2ccc(/C(C)=N\Nc3ccc(F)cc3)cc2)cc1. The normalized spacial score (nSPS) is 11.8. The molecule has 0 bridgehead atoms. The van der Waals surface area contributed by atoms with Crippen LogP contribution in [-0.2, 0) is 10.0 Å². The van der Waals surface area contributed by atoms with Crippen LogP contribution in [-0.4, -0.2) is 21.2 Å². The maximum Gasteiger partial charge on any atom is 0.261 e. The molecule has 0 fully saturated rings. The molecule has 0 atom stereocenters. The monoisotopic (exact) mass is 413 g/mol. The Balaban J connectivity index is 1.70. The fourth-order valence-corrected chi connectivity index (χ4v) is 3.54. The third-order valence-corrected chi connectivity index (χ3v) is 5.52. The van der Waals surface area contributed by atoms with Crippen molar-refractivity contribution in [1.29, 1.82) is 0 Å². The lowest BCUT2D eigenvalue weighted by Crippen LogP contribution is -2.13. The van der Waals surface area contributed by atoms with Crippen LogP contribution in [0.15, 0.2) is 82.8 Å². The highest BCUT2D eigenvalue weighted by atomic mass is 32.2. The highest BCUT2D eigenvalue weighted by Gasteiger charge is 2.14. The lowest BCUT2D eigenvalue weighted by atomic mass is 10.1. The van der Waals surface area contributed by atoms with E-state index < -0.39 is 10.0 Å². The molecule has 6 nitrogen and oxygen atoms in total. The summed E-state index contributed by atoms with van der Waals surface area (Å²) in [5.41, 5.74) is 5.33. The molecule has 3 aromatic carbocycles. The van der Waals surface area contributed by atoms with Crippen LogP contribution in [0.25, 0.3) is 0 Å². The van der Waals surface area contributed by atoms with Crippen molar-refractivity contribution in [2.24, 2.45) is 5.10 Å². The van der Waals surface area contributed by atoms with Gasteiger partial charge >= 0.3 is 0 Å². The molecule has 0 aromatic heterocycles. The van der Waals surface area contributed by atoms with Crippen LogP contribution in [0.3, 0.4) is 0 Å². The number of hydrogen-bond acceptors (Lipinski definition) is 5. The molecule has 29 heavy (non-hydrogen) atoms. The van der Waals surface area contributed by atoms with E-state index in [0.29, 0.717) is 22.8 Å². The van der Waals surface area contributed by atoms with E-state index >= 15 is 0 Å². The van der Waals surface area contributed by atoms with E-state index in [4.69, 9.17) is 4.74 Å². The molecule has 2 N–H and O–H groups in total. The van der Waals surface area contributed by atoms with Crippen molar-refractivity contribution in [3.8, 4) is 5.75 Å². The molecule has 0 saturated heterocycles. The van der Waals surface area contributed by atoms with E-state index in [1.165, 1.54) is 24.3 Å². The van der Waals surface area contributed by atoms with Gasteiger partial charge < -0.3 is 4.74 Å². The molecular weight excluding hydrogens is 393 g/mol. The first-order valence-electron chi connectivity index (χ1n) is 8.70. The molecule has 0 saturated carbocycles. The Hall–Kier alpha value is -3.39. The zero-order valence-corrected chi connectivity index (χ0v) is 16.7. The second-order valence-corrected chi connectivity index (χ2v) is 7.86. The highest BCUT2D eigenvalue weighted by molar-refractivity contribution is 7.92. The highest BCUT2D eigenvalue weighted by Crippen LogP contribution is 2.20. The van der Waals surface area contributed by atoms with Crippen molar-refractivity contribution in [2.75, 3.05) is 17.3 Å². The van der Waals surface area contributed by atoms with Crippen LogP contribution in [0.1, 0.15) is 12.5 Å². The van der Waals surface area contributed by atoms with E-state index in [2.05, 4.69) is 15.2 Å². The minimum Gasteiger partial charge on any atom is -0.497 e. The Morgan fingerprint density at radius 2 is 1.48 bits per heavy atom. The number of anilines is 2. The number of nitrogens with one attached hydrogen (secondary N) is 2. The first kappa shape index (κ1) is 20.3. The van der Waals surface area contributed by atoms with Crippen LogP contribution in [0.4, 0.5) is 15.8 Å². The second kappa shape index (κ2) is 8.74. The summed E-state index contributed by atoms with van der Waals surface area (Å²) in [6.45, 7) is 1.79. The van der Waals surface area contributed by atoms with Crippen LogP contribution in [0, 0.1) is 5.82 Å². The number of nitrogens with zero attached hydrogens (tertiary/aromatic N) is 1. The number of hydrazone groups is 1. The molecule has 8 heteroatoms. The van der Waals surface area contributed by atoms with Gasteiger partial charge in [-0.05, 0) is 73.2 Å². The third-order valence-electron chi connectivity index (χ3n) is 4.12. The van der Waals surface area contributed by atoms with Crippen LogP contribution >= 0.6 is 0 Å².